The van der Waals surface area contributed by atoms with Gasteiger partial charge in [0.15, 0.2) is 0 Å². The van der Waals surface area contributed by atoms with Gasteiger partial charge in [-0.05, 0) is 28.4 Å². The lowest BCUT2D eigenvalue weighted by Crippen LogP contribution is -2.20. The van der Waals surface area contributed by atoms with Crippen molar-refractivity contribution < 1.29 is 4.79 Å². The molecule has 1 N–H and O–H groups in total. The smallest absolute Gasteiger partial charge is 0.227 e. The summed E-state index contributed by atoms with van der Waals surface area (Å²) in [4.78, 5) is 15.6. The van der Waals surface area contributed by atoms with Gasteiger partial charge in [-0.1, -0.05) is 25.4 Å². The summed E-state index contributed by atoms with van der Waals surface area (Å²) in [5.74, 6) is -0.0434. The maximum absolute atomic E-state index is 11.6. The number of rotatable bonds is 3. The number of halogens is 2. The molecule has 0 aliphatic carbocycles. The monoisotopic (exact) mass is 290 g/mol. The van der Waals surface area contributed by atoms with Crippen LogP contribution in [0.4, 0.5) is 5.69 Å². The van der Waals surface area contributed by atoms with Crippen LogP contribution in [0.1, 0.15) is 20.3 Å². The van der Waals surface area contributed by atoms with E-state index in [0.29, 0.717) is 15.3 Å². The van der Waals surface area contributed by atoms with Gasteiger partial charge in [-0.15, -0.1) is 0 Å². The van der Waals surface area contributed by atoms with Crippen molar-refractivity contribution in [2.24, 2.45) is 5.92 Å². The molecule has 82 valence electrons. The van der Waals surface area contributed by atoms with E-state index in [0.717, 1.165) is 6.42 Å². The highest BCUT2D eigenvalue weighted by Gasteiger charge is 2.12. The first-order valence-corrected chi connectivity index (χ1v) is 5.83. The van der Waals surface area contributed by atoms with E-state index in [9.17, 15) is 4.79 Å². The second kappa shape index (κ2) is 5.47. The third kappa shape index (κ3) is 3.47. The van der Waals surface area contributed by atoms with Gasteiger partial charge in [-0.25, -0.2) is 4.98 Å². The van der Waals surface area contributed by atoms with E-state index >= 15 is 0 Å². The number of aromatic nitrogens is 1. The number of hydrogen-bond acceptors (Lipinski definition) is 2. The van der Waals surface area contributed by atoms with Crippen LogP contribution in [-0.2, 0) is 4.79 Å². The summed E-state index contributed by atoms with van der Waals surface area (Å²) in [6.07, 6.45) is 2.32. The Hall–Kier alpha value is -0.610. The van der Waals surface area contributed by atoms with Gasteiger partial charge in [0, 0.05) is 12.1 Å². The molecular weight excluding hydrogens is 279 g/mol. The van der Waals surface area contributed by atoms with Crippen molar-refractivity contribution in [2.45, 2.75) is 20.3 Å². The van der Waals surface area contributed by atoms with E-state index < -0.39 is 0 Å². The maximum Gasteiger partial charge on any atom is 0.227 e. The minimum absolute atomic E-state index is 0.0177. The molecule has 0 aliphatic rings. The number of anilines is 1. The molecule has 0 radical (unpaired) electrons. The van der Waals surface area contributed by atoms with Crippen LogP contribution in [0.15, 0.2) is 16.9 Å². The summed E-state index contributed by atoms with van der Waals surface area (Å²) in [5, 5.41) is 3.27. The van der Waals surface area contributed by atoms with Crippen LogP contribution in [0.25, 0.3) is 0 Å². The molecule has 5 heteroatoms. The predicted octanol–water partition coefficient (Wildman–Crippen LogP) is 3.48. The molecule has 1 unspecified atom stereocenters. The Kier molecular flexibility index (Phi) is 4.54. The molecule has 1 atom stereocenters. The Bertz CT molecular complexity index is 370. The van der Waals surface area contributed by atoms with E-state index in [1.807, 2.05) is 13.8 Å². The molecule has 0 saturated heterocycles. The fraction of sp³-hybridized carbons (Fsp3) is 0.400. The van der Waals surface area contributed by atoms with Crippen molar-refractivity contribution in [3.63, 3.8) is 0 Å². The molecule has 1 aromatic heterocycles. The van der Waals surface area contributed by atoms with Crippen LogP contribution in [0.2, 0.25) is 5.02 Å². The summed E-state index contributed by atoms with van der Waals surface area (Å²) in [6.45, 7) is 3.84. The average Bonchev–Trinajstić information content (AvgIpc) is 2.22. The van der Waals surface area contributed by atoms with Crippen LogP contribution in [0.5, 0.6) is 0 Å². The van der Waals surface area contributed by atoms with Gasteiger partial charge < -0.3 is 5.32 Å². The highest BCUT2D eigenvalue weighted by Crippen LogP contribution is 2.23. The van der Waals surface area contributed by atoms with E-state index in [1.54, 1.807) is 6.07 Å². The molecule has 1 rings (SSSR count). The number of nitrogens with zero attached hydrogens (tertiary/aromatic N) is 1. The number of carbonyl (C=O) groups excluding carboxylic acids is 1. The quantitative estimate of drug-likeness (QED) is 0.866. The van der Waals surface area contributed by atoms with Crippen molar-refractivity contribution in [1.29, 1.82) is 0 Å². The van der Waals surface area contributed by atoms with E-state index in [-0.39, 0.29) is 11.8 Å². The lowest BCUT2D eigenvalue weighted by molar-refractivity contribution is -0.119. The van der Waals surface area contributed by atoms with Crippen molar-refractivity contribution in [2.75, 3.05) is 5.32 Å². The SMILES string of the molecule is CCC(C)C(=O)Nc1cc(Cl)cnc1Br. The number of pyridine rings is 1. The molecule has 1 heterocycles. The predicted molar refractivity (Wildman–Crippen MR) is 65.0 cm³/mol. The third-order valence-corrected chi connectivity index (χ3v) is 2.96. The van der Waals surface area contributed by atoms with Crippen LogP contribution < -0.4 is 5.32 Å². The zero-order valence-corrected chi connectivity index (χ0v) is 10.9. The van der Waals surface area contributed by atoms with Crippen LogP contribution in [0.3, 0.4) is 0 Å². The molecule has 15 heavy (non-hydrogen) atoms. The van der Waals surface area contributed by atoms with E-state index in [2.05, 4.69) is 26.2 Å². The standard InChI is InChI=1S/C10H12BrClN2O/c1-3-6(2)10(15)14-8-4-7(12)5-13-9(8)11/h4-6H,3H2,1-2H3,(H,14,15). The van der Waals surface area contributed by atoms with E-state index in [4.69, 9.17) is 11.6 Å². The van der Waals surface area contributed by atoms with Crippen LogP contribution >= 0.6 is 27.5 Å². The molecule has 3 nitrogen and oxygen atoms in total. The Morgan fingerprint density at radius 3 is 3.00 bits per heavy atom. The number of amides is 1. The van der Waals surface area contributed by atoms with E-state index in [1.165, 1.54) is 6.20 Å². The van der Waals surface area contributed by atoms with Crippen LogP contribution in [-0.4, -0.2) is 10.9 Å². The Labute approximate surface area is 102 Å². The Morgan fingerprint density at radius 1 is 1.73 bits per heavy atom. The van der Waals surface area contributed by atoms with Crippen molar-refractivity contribution >= 4 is 39.1 Å². The number of nitrogens with one attached hydrogen (secondary N) is 1. The highest BCUT2D eigenvalue weighted by atomic mass is 79.9. The van der Waals surface area contributed by atoms with Gasteiger partial charge >= 0.3 is 0 Å². The van der Waals surface area contributed by atoms with Crippen molar-refractivity contribution in [3.8, 4) is 0 Å². The zero-order chi connectivity index (χ0) is 11.4. The highest BCUT2D eigenvalue weighted by molar-refractivity contribution is 9.10. The Morgan fingerprint density at radius 2 is 2.40 bits per heavy atom. The average molecular weight is 292 g/mol. The van der Waals surface area contributed by atoms with Gasteiger partial charge in [0.25, 0.3) is 0 Å². The van der Waals surface area contributed by atoms with Gasteiger partial charge in [-0.3, -0.25) is 4.79 Å². The second-order valence-electron chi connectivity index (χ2n) is 3.29. The first-order chi connectivity index (χ1) is 7.04. The van der Waals surface area contributed by atoms with Crippen molar-refractivity contribution in [3.05, 3.63) is 21.9 Å². The molecule has 0 bridgehead atoms. The Balaban J connectivity index is 2.80. The topological polar surface area (TPSA) is 42.0 Å². The second-order valence-corrected chi connectivity index (χ2v) is 4.48. The lowest BCUT2D eigenvalue weighted by Gasteiger charge is -2.10. The molecule has 0 aromatic carbocycles. The summed E-state index contributed by atoms with van der Waals surface area (Å²) < 4.78 is 0.587. The fourth-order valence-electron chi connectivity index (χ4n) is 0.952. The molecule has 1 aromatic rings. The lowest BCUT2D eigenvalue weighted by atomic mass is 10.1. The first kappa shape index (κ1) is 12.5. The van der Waals surface area contributed by atoms with Crippen molar-refractivity contribution in [1.82, 2.24) is 4.98 Å². The largest absolute Gasteiger partial charge is 0.323 e. The van der Waals surface area contributed by atoms with Gasteiger partial charge in [0.1, 0.15) is 4.60 Å². The minimum Gasteiger partial charge on any atom is -0.323 e. The maximum atomic E-state index is 11.6. The van der Waals surface area contributed by atoms with Gasteiger partial charge in [0.2, 0.25) is 5.91 Å². The molecule has 0 fully saturated rings. The number of hydrogen-bond donors (Lipinski definition) is 1. The van der Waals surface area contributed by atoms with Gasteiger partial charge in [-0.2, -0.15) is 0 Å². The normalized spacial score (nSPS) is 12.3. The molecular formula is C10H12BrClN2O. The summed E-state index contributed by atoms with van der Waals surface area (Å²) in [6, 6.07) is 1.67. The molecule has 0 saturated carbocycles. The van der Waals surface area contributed by atoms with Crippen LogP contribution in [0, 0.1) is 5.92 Å². The number of carbonyl (C=O) groups is 1. The van der Waals surface area contributed by atoms with Gasteiger partial charge in [0.05, 0.1) is 10.7 Å². The molecule has 0 aliphatic heterocycles. The summed E-state index contributed by atoms with van der Waals surface area (Å²) in [7, 11) is 0. The molecule has 0 spiro atoms. The summed E-state index contributed by atoms with van der Waals surface area (Å²) in [5.41, 5.74) is 0.604. The minimum atomic E-state index is -0.0257. The molecule has 1 amide bonds. The third-order valence-electron chi connectivity index (χ3n) is 2.12. The summed E-state index contributed by atoms with van der Waals surface area (Å²) >= 11 is 9.02. The fourth-order valence-corrected chi connectivity index (χ4v) is 1.43. The zero-order valence-electron chi connectivity index (χ0n) is 8.55. The first-order valence-electron chi connectivity index (χ1n) is 4.66.